The van der Waals surface area contributed by atoms with Crippen LogP contribution in [0.25, 0.3) is 0 Å². The zero-order valence-electron chi connectivity index (χ0n) is 15.4. The van der Waals surface area contributed by atoms with Crippen LogP contribution in [0.5, 0.6) is 0 Å². The Morgan fingerprint density at radius 2 is 1.79 bits per heavy atom. The number of carbonyl (C=O) groups is 2. The van der Waals surface area contributed by atoms with Gasteiger partial charge in [-0.3, -0.25) is 9.59 Å². The van der Waals surface area contributed by atoms with Crippen LogP contribution >= 0.6 is 0 Å². The minimum atomic E-state index is -0.780. The lowest BCUT2D eigenvalue weighted by Gasteiger charge is -2.44. The molecule has 0 aromatic rings. The molecule has 2 rings (SSSR count). The summed E-state index contributed by atoms with van der Waals surface area (Å²) in [7, 11) is 0. The molecule has 2 aliphatic rings. The topological polar surface area (TPSA) is 73.9 Å². The van der Waals surface area contributed by atoms with Gasteiger partial charge in [-0.25, -0.2) is 0 Å². The number of hydrogen-bond acceptors (Lipinski definition) is 5. The van der Waals surface area contributed by atoms with Gasteiger partial charge in [-0.05, 0) is 39.5 Å². The molecule has 138 valence electrons. The molecule has 6 nitrogen and oxygen atoms in total. The molecule has 1 saturated carbocycles. The van der Waals surface area contributed by atoms with Gasteiger partial charge in [-0.15, -0.1) is 0 Å². The highest BCUT2D eigenvalue weighted by Gasteiger charge is 2.45. The summed E-state index contributed by atoms with van der Waals surface area (Å²) < 4.78 is 16.8. The van der Waals surface area contributed by atoms with Gasteiger partial charge >= 0.3 is 5.97 Å². The fourth-order valence-electron chi connectivity index (χ4n) is 3.13. The molecule has 24 heavy (non-hydrogen) atoms. The maximum Gasteiger partial charge on any atom is 0.307 e. The molecule has 6 heteroatoms. The van der Waals surface area contributed by atoms with E-state index in [0.717, 1.165) is 25.7 Å². The summed E-state index contributed by atoms with van der Waals surface area (Å²) in [5.74, 6) is -1.23. The van der Waals surface area contributed by atoms with Gasteiger partial charge in [0.2, 0.25) is 5.91 Å². The minimum absolute atomic E-state index is 0.0560. The predicted octanol–water partition coefficient (Wildman–Crippen LogP) is 2.55. The normalized spacial score (nSPS) is 26.6. The highest BCUT2D eigenvalue weighted by molar-refractivity contribution is 5.82. The monoisotopic (exact) mass is 341 g/mol. The summed E-state index contributed by atoms with van der Waals surface area (Å²) in [6.07, 6.45) is 5.03. The third kappa shape index (κ3) is 5.45. The predicted molar refractivity (Wildman–Crippen MR) is 89.3 cm³/mol. The Labute approximate surface area is 144 Å². The van der Waals surface area contributed by atoms with E-state index in [1.165, 1.54) is 6.42 Å². The molecular formula is C18H31NO5. The van der Waals surface area contributed by atoms with Crippen molar-refractivity contribution in [3.63, 3.8) is 0 Å². The van der Waals surface area contributed by atoms with E-state index in [1.54, 1.807) is 13.8 Å². The third-order valence-corrected chi connectivity index (χ3v) is 4.62. The fourth-order valence-corrected chi connectivity index (χ4v) is 3.13. The molecule has 0 radical (unpaired) electrons. The maximum absolute atomic E-state index is 12.4. The van der Waals surface area contributed by atoms with Gasteiger partial charge in [0.1, 0.15) is 12.2 Å². The van der Waals surface area contributed by atoms with Gasteiger partial charge in [0, 0.05) is 12.0 Å². The van der Waals surface area contributed by atoms with Crippen LogP contribution in [0.1, 0.15) is 66.2 Å². The van der Waals surface area contributed by atoms with Crippen LogP contribution in [0.15, 0.2) is 0 Å². The van der Waals surface area contributed by atoms with Crippen molar-refractivity contribution in [2.45, 2.75) is 84.2 Å². The van der Waals surface area contributed by atoms with Gasteiger partial charge in [-0.1, -0.05) is 20.3 Å². The molecule has 1 saturated heterocycles. The van der Waals surface area contributed by atoms with Crippen molar-refractivity contribution in [1.82, 2.24) is 5.32 Å². The number of carbonyl (C=O) groups excluding carboxylic acids is 2. The zero-order valence-corrected chi connectivity index (χ0v) is 15.4. The molecule has 0 aromatic heterocycles. The summed E-state index contributed by atoms with van der Waals surface area (Å²) in [5, 5.41) is 2.79. The fraction of sp³-hybridized carbons (Fsp3) is 0.889. The zero-order chi connectivity index (χ0) is 17.8. The van der Waals surface area contributed by atoms with E-state index in [9.17, 15) is 9.59 Å². The Balaban J connectivity index is 1.74. The van der Waals surface area contributed by atoms with E-state index in [2.05, 4.69) is 5.32 Å². The first-order chi connectivity index (χ1) is 11.2. The molecule has 2 fully saturated rings. The van der Waals surface area contributed by atoms with Crippen LogP contribution in [0.4, 0.5) is 0 Å². The molecule has 0 unspecified atom stereocenters. The lowest BCUT2D eigenvalue weighted by atomic mass is 9.85. The number of ether oxygens (including phenoxy) is 3. The van der Waals surface area contributed by atoms with Gasteiger partial charge in [0.05, 0.1) is 13.0 Å². The second-order valence-electron chi connectivity index (χ2n) is 7.97. The van der Waals surface area contributed by atoms with Gasteiger partial charge < -0.3 is 19.5 Å². The first-order valence-electron chi connectivity index (χ1n) is 8.99. The SMILES string of the molecule is CC1(C)OCC(C)(C)[C@H](C(=O)NCCC(=O)OC2CCCCC2)O1. The largest absolute Gasteiger partial charge is 0.462 e. The summed E-state index contributed by atoms with van der Waals surface area (Å²) in [6.45, 7) is 8.17. The number of esters is 1. The Kier molecular flexibility index (Phi) is 6.26. The highest BCUT2D eigenvalue weighted by atomic mass is 16.7. The van der Waals surface area contributed by atoms with Crippen molar-refractivity contribution in [3.8, 4) is 0 Å². The number of rotatable bonds is 5. The van der Waals surface area contributed by atoms with Crippen molar-refractivity contribution in [3.05, 3.63) is 0 Å². The van der Waals surface area contributed by atoms with Crippen LogP contribution in [-0.2, 0) is 23.8 Å². The van der Waals surface area contributed by atoms with E-state index in [0.29, 0.717) is 6.61 Å². The Hall–Kier alpha value is -1.14. The number of nitrogens with one attached hydrogen (secondary N) is 1. The highest BCUT2D eigenvalue weighted by Crippen LogP contribution is 2.34. The minimum Gasteiger partial charge on any atom is -0.462 e. The maximum atomic E-state index is 12.4. The first kappa shape index (κ1) is 19.2. The molecule has 1 aliphatic carbocycles. The van der Waals surface area contributed by atoms with Crippen molar-refractivity contribution in [2.75, 3.05) is 13.2 Å². The van der Waals surface area contributed by atoms with E-state index >= 15 is 0 Å². The number of amides is 1. The molecule has 0 bridgehead atoms. The second kappa shape index (κ2) is 7.83. The van der Waals surface area contributed by atoms with E-state index in [1.807, 2.05) is 13.8 Å². The average molecular weight is 341 g/mol. The molecule has 1 aliphatic heterocycles. The third-order valence-electron chi connectivity index (χ3n) is 4.62. The van der Waals surface area contributed by atoms with E-state index in [4.69, 9.17) is 14.2 Å². The summed E-state index contributed by atoms with van der Waals surface area (Å²) in [6, 6.07) is 0. The summed E-state index contributed by atoms with van der Waals surface area (Å²) in [5.41, 5.74) is -0.414. The van der Waals surface area contributed by atoms with Crippen LogP contribution < -0.4 is 5.32 Å². The van der Waals surface area contributed by atoms with Gasteiger partial charge in [0.25, 0.3) is 0 Å². The smallest absolute Gasteiger partial charge is 0.307 e. The molecule has 1 heterocycles. The Bertz CT molecular complexity index is 454. The van der Waals surface area contributed by atoms with E-state index < -0.39 is 17.3 Å². The quantitative estimate of drug-likeness (QED) is 0.778. The van der Waals surface area contributed by atoms with Crippen molar-refractivity contribution in [1.29, 1.82) is 0 Å². The van der Waals surface area contributed by atoms with Gasteiger partial charge in [-0.2, -0.15) is 0 Å². The van der Waals surface area contributed by atoms with Crippen LogP contribution in [0.2, 0.25) is 0 Å². The van der Waals surface area contributed by atoms with Crippen molar-refractivity contribution >= 4 is 11.9 Å². The Morgan fingerprint density at radius 1 is 1.12 bits per heavy atom. The lowest BCUT2D eigenvalue weighted by Crippen LogP contribution is -2.56. The molecule has 1 amide bonds. The lowest BCUT2D eigenvalue weighted by molar-refractivity contribution is -0.304. The first-order valence-corrected chi connectivity index (χ1v) is 8.99. The van der Waals surface area contributed by atoms with E-state index in [-0.39, 0.29) is 30.9 Å². The molecule has 0 aromatic carbocycles. The molecule has 1 atom stereocenters. The standard InChI is InChI=1S/C18H31NO5/c1-17(2)12-22-18(3,4)24-15(17)16(21)19-11-10-14(20)23-13-8-6-5-7-9-13/h13,15H,5-12H2,1-4H3,(H,19,21)/t15-/m0/s1. The van der Waals surface area contributed by atoms with Crippen LogP contribution in [0, 0.1) is 5.41 Å². The summed E-state index contributed by atoms with van der Waals surface area (Å²) in [4.78, 5) is 24.3. The average Bonchev–Trinajstić information content (AvgIpc) is 2.51. The number of hydrogen-bond donors (Lipinski definition) is 1. The van der Waals surface area contributed by atoms with Gasteiger partial charge in [0.15, 0.2) is 5.79 Å². The van der Waals surface area contributed by atoms with Crippen molar-refractivity contribution < 1.29 is 23.8 Å². The second-order valence-corrected chi connectivity index (χ2v) is 7.97. The molecular weight excluding hydrogens is 310 g/mol. The Morgan fingerprint density at radius 3 is 2.46 bits per heavy atom. The molecule has 0 spiro atoms. The van der Waals surface area contributed by atoms with Crippen LogP contribution in [0.3, 0.4) is 0 Å². The van der Waals surface area contributed by atoms with Crippen molar-refractivity contribution in [2.24, 2.45) is 5.41 Å². The van der Waals surface area contributed by atoms with Crippen LogP contribution in [-0.4, -0.2) is 43.0 Å². The summed E-state index contributed by atoms with van der Waals surface area (Å²) >= 11 is 0. The molecule has 1 N–H and O–H groups in total.